The maximum atomic E-state index is 12.7. The zero-order valence-electron chi connectivity index (χ0n) is 19.8. The minimum atomic E-state index is -0.0991. The van der Waals surface area contributed by atoms with Crippen LogP contribution in [0.1, 0.15) is 45.6 Å². The Morgan fingerprint density at radius 2 is 1.88 bits per heavy atom. The maximum absolute atomic E-state index is 12.7. The van der Waals surface area contributed by atoms with Crippen molar-refractivity contribution in [2.24, 2.45) is 0 Å². The van der Waals surface area contributed by atoms with Crippen LogP contribution in [0.5, 0.6) is 0 Å². The van der Waals surface area contributed by atoms with Gasteiger partial charge in [0, 0.05) is 61.9 Å². The smallest absolute Gasteiger partial charge is 0.251 e. The molecule has 0 radical (unpaired) electrons. The first-order chi connectivity index (χ1) is 16.0. The highest BCUT2D eigenvalue weighted by atomic mass is 16.5. The van der Waals surface area contributed by atoms with Gasteiger partial charge in [-0.05, 0) is 61.6 Å². The summed E-state index contributed by atoms with van der Waals surface area (Å²) in [5.74, 6) is 0.0570. The van der Waals surface area contributed by atoms with Crippen LogP contribution in [0.25, 0.3) is 10.9 Å². The normalized spacial score (nSPS) is 13.2. The van der Waals surface area contributed by atoms with Gasteiger partial charge >= 0.3 is 0 Å². The van der Waals surface area contributed by atoms with E-state index in [0.29, 0.717) is 38.1 Å². The van der Waals surface area contributed by atoms with Gasteiger partial charge in [-0.25, -0.2) is 0 Å². The number of carbonyl (C=O) groups excluding carboxylic acids is 2. The number of methoxy groups -OCH3 is 1. The summed E-state index contributed by atoms with van der Waals surface area (Å²) in [5, 5.41) is 4.07. The van der Waals surface area contributed by atoms with Crippen LogP contribution in [-0.2, 0) is 29.0 Å². The molecule has 2 amide bonds. The minimum absolute atomic E-state index is 0.0991. The molecule has 6 heteroatoms. The molecule has 0 atom stereocenters. The molecule has 0 fully saturated rings. The lowest BCUT2D eigenvalue weighted by Gasteiger charge is -2.29. The highest BCUT2D eigenvalue weighted by Crippen LogP contribution is 2.26. The van der Waals surface area contributed by atoms with Gasteiger partial charge in [0.05, 0.1) is 6.61 Å². The molecule has 1 aliphatic rings. The van der Waals surface area contributed by atoms with Crippen LogP contribution >= 0.6 is 0 Å². The van der Waals surface area contributed by atoms with E-state index in [2.05, 4.69) is 41.9 Å². The van der Waals surface area contributed by atoms with E-state index in [1.54, 1.807) is 7.11 Å². The quantitative estimate of drug-likeness (QED) is 0.531. The van der Waals surface area contributed by atoms with E-state index < -0.39 is 0 Å². The third-order valence-electron chi connectivity index (χ3n) is 6.76. The predicted octanol–water partition coefficient (Wildman–Crippen LogP) is 4.00. The molecular weight excluding hydrogens is 414 g/mol. The van der Waals surface area contributed by atoms with E-state index in [4.69, 9.17) is 4.74 Å². The first-order valence-electron chi connectivity index (χ1n) is 11.7. The topological polar surface area (TPSA) is 63.6 Å². The third-order valence-corrected chi connectivity index (χ3v) is 6.76. The van der Waals surface area contributed by atoms with Gasteiger partial charge in [-0.3, -0.25) is 9.59 Å². The second-order valence-corrected chi connectivity index (χ2v) is 8.78. The number of aromatic nitrogens is 1. The Hall–Kier alpha value is -3.12. The highest BCUT2D eigenvalue weighted by molar-refractivity contribution is 5.99. The lowest BCUT2D eigenvalue weighted by atomic mass is 9.99. The fraction of sp³-hybridized carbons (Fsp3) is 0.407. The Kier molecular flexibility index (Phi) is 7.14. The zero-order valence-corrected chi connectivity index (χ0v) is 19.8. The van der Waals surface area contributed by atoms with Crippen LogP contribution in [-0.4, -0.2) is 48.1 Å². The molecule has 3 aromatic rings. The van der Waals surface area contributed by atoms with Crippen molar-refractivity contribution in [3.05, 3.63) is 70.4 Å². The van der Waals surface area contributed by atoms with Gasteiger partial charge < -0.3 is 19.5 Å². The standard InChI is InChI=1S/C27H33N3O3/c1-19-20(2)30(15-16-33-3)25-11-10-22(17-24(19)25)27(32)28-13-6-9-26(31)29-14-12-21-7-4-5-8-23(21)18-29/h4-5,7-8,10-11,17H,6,9,12-16,18H2,1-3H3,(H,28,32). The van der Waals surface area contributed by atoms with Gasteiger partial charge in [0.2, 0.25) is 5.91 Å². The molecule has 1 N–H and O–H groups in total. The first-order valence-corrected chi connectivity index (χ1v) is 11.7. The van der Waals surface area contributed by atoms with Crippen LogP contribution in [0, 0.1) is 13.8 Å². The molecule has 2 aromatic carbocycles. The molecule has 33 heavy (non-hydrogen) atoms. The number of hydrogen-bond donors (Lipinski definition) is 1. The molecule has 4 rings (SSSR count). The second-order valence-electron chi connectivity index (χ2n) is 8.78. The molecule has 0 saturated heterocycles. The molecule has 1 aliphatic heterocycles. The summed E-state index contributed by atoms with van der Waals surface area (Å²) in [6.07, 6.45) is 1.99. The Bertz CT molecular complexity index is 1160. The zero-order chi connectivity index (χ0) is 23.4. The molecule has 174 valence electrons. The van der Waals surface area contributed by atoms with E-state index in [1.807, 2.05) is 29.2 Å². The molecule has 0 saturated carbocycles. The summed E-state index contributed by atoms with van der Waals surface area (Å²) in [4.78, 5) is 27.3. The van der Waals surface area contributed by atoms with Gasteiger partial charge in [0.15, 0.2) is 0 Å². The number of aryl methyl sites for hydroxylation is 1. The Balaban J connectivity index is 1.30. The van der Waals surface area contributed by atoms with E-state index in [0.717, 1.165) is 30.4 Å². The average molecular weight is 448 g/mol. The summed E-state index contributed by atoms with van der Waals surface area (Å²) < 4.78 is 7.47. The van der Waals surface area contributed by atoms with Crippen molar-refractivity contribution in [3.63, 3.8) is 0 Å². The van der Waals surface area contributed by atoms with Crippen molar-refractivity contribution in [1.29, 1.82) is 0 Å². The van der Waals surface area contributed by atoms with Crippen LogP contribution in [0.3, 0.4) is 0 Å². The number of nitrogens with one attached hydrogen (secondary N) is 1. The van der Waals surface area contributed by atoms with E-state index in [-0.39, 0.29) is 11.8 Å². The van der Waals surface area contributed by atoms with Crippen molar-refractivity contribution in [1.82, 2.24) is 14.8 Å². The minimum Gasteiger partial charge on any atom is -0.383 e. The Morgan fingerprint density at radius 1 is 1.09 bits per heavy atom. The number of benzene rings is 2. The Labute approximate surface area is 195 Å². The average Bonchev–Trinajstić information content (AvgIpc) is 3.08. The van der Waals surface area contributed by atoms with Crippen molar-refractivity contribution in [3.8, 4) is 0 Å². The number of nitrogens with zero attached hydrogens (tertiary/aromatic N) is 2. The number of hydrogen-bond acceptors (Lipinski definition) is 3. The van der Waals surface area contributed by atoms with Gasteiger partial charge in [-0.2, -0.15) is 0 Å². The second kappa shape index (κ2) is 10.2. The van der Waals surface area contributed by atoms with Crippen molar-refractivity contribution in [2.45, 2.75) is 46.2 Å². The van der Waals surface area contributed by atoms with Gasteiger partial charge in [0.1, 0.15) is 0 Å². The van der Waals surface area contributed by atoms with Crippen molar-refractivity contribution >= 4 is 22.7 Å². The number of fused-ring (bicyclic) bond motifs is 2. The third kappa shape index (κ3) is 4.96. The molecule has 0 aliphatic carbocycles. The van der Waals surface area contributed by atoms with Gasteiger partial charge in [-0.1, -0.05) is 24.3 Å². The summed E-state index contributed by atoms with van der Waals surface area (Å²) in [6, 6.07) is 14.2. The molecule has 0 bridgehead atoms. The van der Waals surface area contributed by atoms with Gasteiger partial charge in [0.25, 0.3) is 5.91 Å². The number of ether oxygens (including phenoxy) is 1. The number of amides is 2. The van der Waals surface area contributed by atoms with Gasteiger partial charge in [-0.15, -0.1) is 0 Å². The summed E-state index contributed by atoms with van der Waals surface area (Å²) in [7, 11) is 1.70. The lowest BCUT2D eigenvalue weighted by molar-refractivity contribution is -0.132. The predicted molar refractivity (Wildman–Crippen MR) is 130 cm³/mol. The fourth-order valence-corrected chi connectivity index (χ4v) is 4.67. The number of rotatable bonds is 8. The largest absolute Gasteiger partial charge is 0.383 e. The van der Waals surface area contributed by atoms with E-state index in [9.17, 15) is 9.59 Å². The molecule has 0 unspecified atom stereocenters. The first kappa shape index (κ1) is 23.1. The maximum Gasteiger partial charge on any atom is 0.251 e. The number of carbonyl (C=O) groups is 2. The van der Waals surface area contributed by atoms with Crippen molar-refractivity contribution < 1.29 is 14.3 Å². The Morgan fingerprint density at radius 3 is 2.67 bits per heavy atom. The molecule has 0 spiro atoms. The summed E-state index contributed by atoms with van der Waals surface area (Å²) in [5.41, 5.74) is 6.72. The van der Waals surface area contributed by atoms with Crippen LogP contribution < -0.4 is 5.32 Å². The molecule has 6 nitrogen and oxygen atoms in total. The van der Waals surface area contributed by atoms with Crippen LogP contribution in [0.15, 0.2) is 42.5 Å². The molecule has 2 heterocycles. The SMILES string of the molecule is COCCn1c(C)c(C)c2cc(C(=O)NCCCC(=O)N3CCc4ccccc4C3)ccc21. The van der Waals surface area contributed by atoms with Crippen molar-refractivity contribution in [2.75, 3.05) is 26.8 Å². The summed E-state index contributed by atoms with van der Waals surface area (Å²) in [6.45, 7) is 7.56. The fourth-order valence-electron chi connectivity index (χ4n) is 4.67. The van der Waals surface area contributed by atoms with E-state index in [1.165, 1.54) is 22.4 Å². The van der Waals surface area contributed by atoms with Crippen LogP contribution in [0.2, 0.25) is 0 Å². The summed E-state index contributed by atoms with van der Waals surface area (Å²) >= 11 is 0. The monoisotopic (exact) mass is 447 g/mol. The van der Waals surface area contributed by atoms with Crippen LogP contribution in [0.4, 0.5) is 0 Å². The molecule has 1 aromatic heterocycles. The van der Waals surface area contributed by atoms with E-state index >= 15 is 0 Å². The molecular formula is C27H33N3O3. The lowest BCUT2D eigenvalue weighted by Crippen LogP contribution is -2.36. The highest BCUT2D eigenvalue weighted by Gasteiger charge is 2.20.